The molecule has 3 aromatic rings. The molecule has 1 heterocycles. The molecule has 1 fully saturated rings. The molecular formula is C29H32N2O5. The van der Waals surface area contributed by atoms with E-state index in [0.717, 1.165) is 0 Å². The van der Waals surface area contributed by atoms with Crippen molar-refractivity contribution in [3.63, 3.8) is 0 Å². The molecule has 7 nitrogen and oxygen atoms in total. The maximum absolute atomic E-state index is 14.6. The van der Waals surface area contributed by atoms with E-state index < -0.39 is 17.1 Å². The van der Waals surface area contributed by atoms with Crippen molar-refractivity contribution < 1.29 is 23.8 Å². The summed E-state index contributed by atoms with van der Waals surface area (Å²) in [5.41, 5.74) is -0.598. The molecule has 7 heteroatoms. The first-order valence-electron chi connectivity index (χ1n) is 11.9. The van der Waals surface area contributed by atoms with Gasteiger partial charge >= 0.3 is 5.97 Å². The Morgan fingerprint density at radius 2 is 1.31 bits per heavy atom. The lowest BCUT2D eigenvalue weighted by Crippen LogP contribution is -2.69. The molecule has 3 aromatic carbocycles. The van der Waals surface area contributed by atoms with Crippen LogP contribution >= 0.6 is 0 Å². The molecule has 0 aromatic heterocycles. The topological polar surface area (TPSA) is 68.3 Å². The lowest BCUT2D eigenvalue weighted by molar-refractivity contribution is -0.165. The molecule has 1 saturated heterocycles. The van der Waals surface area contributed by atoms with Crippen LogP contribution in [-0.2, 0) is 19.9 Å². The minimum absolute atomic E-state index is 0.379. The normalized spacial score (nSPS) is 18.1. The number of hydrogen-bond donors (Lipinski definition) is 0. The van der Waals surface area contributed by atoms with E-state index >= 15 is 0 Å². The molecule has 0 aliphatic carbocycles. The number of ether oxygens (including phenoxy) is 3. The fourth-order valence-corrected chi connectivity index (χ4v) is 4.50. The first kappa shape index (κ1) is 25.1. The maximum atomic E-state index is 14.6. The number of carbonyl (C=O) groups is 2. The Kier molecular flexibility index (Phi) is 6.93. The largest absolute Gasteiger partial charge is 0.497 e. The smallest absolute Gasteiger partial charge is 0.347 e. The maximum Gasteiger partial charge on any atom is 0.347 e. The first-order chi connectivity index (χ1) is 17.2. The Morgan fingerprint density at radius 3 is 1.81 bits per heavy atom. The second-order valence-electron chi connectivity index (χ2n) is 9.58. The molecule has 1 atom stereocenters. The minimum Gasteiger partial charge on any atom is -0.497 e. The van der Waals surface area contributed by atoms with Crippen molar-refractivity contribution in [2.45, 2.75) is 31.9 Å². The number of amides is 1. The number of rotatable bonds is 6. The lowest BCUT2D eigenvalue weighted by Gasteiger charge is -2.49. The molecule has 4 rings (SSSR count). The molecule has 0 spiro atoms. The van der Waals surface area contributed by atoms with Gasteiger partial charge in [-0.3, -0.25) is 4.79 Å². The highest BCUT2D eigenvalue weighted by Gasteiger charge is 2.59. The number of piperazine rings is 1. The van der Waals surface area contributed by atoms with E-state index in [-0.39, 0.29) is 5.91 Å². The van der Waals surface area contributed by atoms with E-state index in [9.17, 15) is 9.59 Å². The Labute approximate surface area is 212 Å². The van der Waals surface area contributed by atoms with E-state index in [0.29, 0.717) is 41.5 Å². The molecule has 1 aliphatic heterocycles. The van der Waals surface area contributed by atoms with Gasteiger partial charge in [0.2, 0.25) is 5.54 Å². The van der Waals surface area contributed by atoms with Gasteiger partial charge in [-0.05, 0) is 74.9 Å². The molecule has 0 radical (unpaired) electrons. The summed E-state index contributed by atoms with van der Waals surface area (Å²) in [6, 6.07) is 23.7. The van der Waals surface area contributed by atoms with Gasteiger partial charge in [0, 0.05) is 24.5 Å². The van der Waals surface area contributed by atoms with Crippen LogP contribution in [0.15, 0.2) is 78.9 Å². The number of benzene rings is 3. The zero-order valence-corrected chi connectivity index (χ0v) is 21.4. The highest BCUT2D eigenvalue weighted by atomic mass is 16.6. The predicted octanol–water partition coefficient (Wildman–Crippen LogP) is 4.79. The standard InChI is InChI=1S/C29H32N2O5/c1-28(2,3)36-27(33)29(21-9-7-6-8-10-21)26(32)30(22-11-15-24(34-4)16-12-22)19-20-31(29)23-13-17-25(35-5)18-14-23/h6-18H,19-20H2,1-5H3. The summed E-state index contributed by atoms with van der Waals surface area (Å²) in [5.74, 6) is 0.365. The Hall–Kier alpha value is -4.00. The number of anilines is 2. The van der Waals surface area contributed by atoms with Crippen molar-refractivity contribution in [2.75, 3.05) is 37.1 Å². The summed E-state index contributed by atoms with van der Waals surface area (Å²) in [6.45, 7) is 6.19. The van der Waals surface area contributed by atoms with Crippen molar-refractivity contribution >= 4 is 23.3 Å². The zero-order valence-electron chi connectivity index (χ0n) is 21.4. The van der Waals surface area contributed by atoms with Crippen molar-refractivity contribution in [1.82, 2.24) is 0 Å². The molecule has 1 aliphatic rings. The van der Waals surface area contributed by atoms with E-state index in [4.69, 9.17) is 14.2 Å². The fourth-order valence-electron chi connectivity index (χ4n) is 4.50. The van der Waals surface area contributed by atoms with Crippen LogP contribution in [0.25, 0.3) is 0 Å². The number of hydrogen-bond acceptors (Lipinski definition) is 6. The zero-order chi connectivity index (χ0) is 25.9. The van der Waals surface area contributed by atoms with Gasteiger partial charge in [0.05, 0.1) is 14.2 Å². The summed E-state index contributed by atoms with van der Waals surface area (Å²) in [5, 5.41) is 0. The molecule has 0 saturated carbocycles. The number of carbonyl (C=O) groups excluding carboxylic acids is 2. The quantitative estimate of drug-likeness (QED) is 0.367. The van der Waals surface area contributed by atoms with Crippen molar-refractivity contribution in [3.05, 3.63) is 84.4 Å². The average molecular weight is 489 g/mol. The Bertz CT molecular complexity index is 1200. The van der Waals surface area contributed by atoms with E-state index in [1.807, 2.05) is 59.5 Å². The summed E-state index contributed by atoms with van der Waals surface area (Å²) in [6.07, 6.45) is 0. The first-order valence-corrected chi connectivity index (χ1v) is 11.9. The molecule has 0 N–H and O–H groups in total. The number of nitrogens with zero attached hydrogens (tertiary/aromatic N) is 2. The fraction of sp³-hybridized carbons (Fsp3) is 0.310. The third-order valence-corrected chi connectivity index (χ3v) is 6.16. The predicted molar refractivity (Wildman–Crippen MR) is 140 cm³/mol. The van der Waals surface area contributed by atoms with Crippen molar-refractivity contribution in [1.29, 1.82) is 0 Å². The van der Waals surface area contributed by atoms with Crippen LogP contribution in [0.2, 0.25) is 0 Å². The lowest BCUT2D eigenvalue weighted by atomic mass is 9.83. The van der Waals surface area contributed by atoms with Crippen LogP contribution in [0, 0.1) is 0 Å². The summed E-state index contributed by atoms with van der Waals surface area (Å²) in [4.78, 5) is 32.2. The molecule has 1 unspecified atom stereocenters. The Balaban J connectivity index is 1.92. The molecule has 0 bridgehead atoms. The number of esters is 1. The van der Waals surface area contributed by atoms with Gasteiger partial charge in [0.25, 0.3) is 5.91 Å². The van der Waals surface area contributed by atoms with Crippen molar-refractivity contribution in [2.24, 2.45) is 0 Å². The van der Waals surface area contributed by atoms with Gasteiger partial charge in [-0.2, -0.15) is 0 Å². The van der Waals surface area contributed by atoms with Crippen LogP contribution in [-0.4, -0.2) is 44.8 Å². The second kappa shape index (κ2) is 9.93. The number of methoxy groups -OCH3 is 2. The van der Waals surface area contributed by atoms with Crippen LogP contribution in [0.4, 0.5) is 11.4 Å². The minimum atomic E-state index is -1.73. The van der Waals surface area contributed by atoms with Gasteiger partial charge in [-0.25, -0.2) is 4.79 Å². The monoisotopic (exact) mass is 488 g/mol. The molecule has 1 amide bonds. The van der Waals surface area contributed by atoms with Gasteiger partial charge in [0.1, 0.15) is 17.1 Å². The third-order valence-electron chi connectivity index (χ3n) is 6.16. The van der Waals surface area contributed by atoms with Gasteiger partial charge in [0.15, 0.2) is 0 Å². The van der Waals surface area contributed by atoms with Crippen molar-refractivity contribution in [3.8, 4) is 11.5 Å². The van der Waals surface area contributed by atoms with E-state index in [1.165, 1.54) is 0 Å². The van der Waals surface area contributed by atoms with Crippen LogP contribution < -0.4 is 19.3 Å². The SMILES string of the molecule is COc1ccc(N2CCN(c3ccc(OC)cc3)C(C(=O)OC(C)(C)C)(c3ccccc3)C2=O)cc1. The summed E-state index contributed by atoms with van der Waals surface area (Å²) in [7, 11) is 3.19. The summed E-state index contributed by atoms with van der Waals surface area (Å²) < 4.78 is 16.6. The Morgan fingerprint density at radius 1 is 0.778 bits per heavy atom. The van der Waals surface area contributed by atoms with Gasteiger partial charge < -0.3 is 24.0 Å². The van der Waals surface area contributed by atoms with E-state index in [2.05, 4.69) is 0 Å². The summed E-state index contributed by atoms with van der Waals surface area (Å²) >= 11 is 0. The van der Waals surface area contributed by atoms with Gasteiger partial charge in [-0.1, -0.05) is 30.3 Å². The van der Waals surface area contributed by atoms with E-state index in [1.54, 1.807) is 64.2 Å². The molecular weight excluding hydrogens is 456 g/mol. The van der Waals surface area contributed by atoms with Gasteiger partial charge in [-0.15, -0.1) is 0 Å². The van der Waals surface area contributed by atoms with Crippen LogP contribution in [0.3, 0.4) is 0 Å². The van der Waals surface area contributed by atoms with Crippen LogP contribution in [0.1, 0.15) is 26.3 Å². The molecule has 188 valence electrons. The molecule has 36 heavy (non-hydrogen) atoms. The highest BCUT2D eigenvalue weighted by Crippen LogP contribution is 2.41. The third kappa shape index (κ3) is 4.61. The van der Waals surface area contributed by atoms with Crippen LogP contribution in [0.5, 0.6) is 11.5 Å². The highest BCUT2D eigenvalue weighted by molar-refractivity contribution is 6.18. The second-order valence-corrected chi connectivity index (χ2v) is 9.58. The average Bonchev–Trinajstić information content (AvgIpc) is 2.88.